The van der Waals surface area contributed by atoms with E-state index in [2.05, 4.69) is 0 Å². The Balaban J connectivity index is 1.75. The van der Waals surface area contributed by atoms with Gasteiger partial charge < -0.3 is 18.8 Å². The number of carbonyl (C=O) groups excluding carboxylic acids is 2. The van der Waals surface area contributed by atoms with Crippen LogP contribution in [0.25, 0.3) is 0 Å². The second kappa shape index (κ2) is 6.30. The molecule has 1 saturated heterocycles. The molecular formula is C15H21NO5. The minimum absolute atomic E-state index is 0.0413. The van der Waals surface area contributed by atoms with Gasteiger partial charge in [-0.1, -0.05) is 0 Å². The quantitative estimate of drug-likeness (QED) is 0.798. The number of rotatable bonds is 4. The molecular weight excluding hydrogens is 274 g/mol. The van der Waals surface area contributed by atoms with Gasteiger partial charge in [-0.05, 0) is 39.3 Å². The minimum Gasteiger partial charge on any atom is -0.461 e. The van der Waals surface area contributed by atoms with Crippen molar-refractivity contribution in [2.24, 2.45) is 0 Å². The van der Waals surface area contributed by atoms with Crippen molar-refractivity contribution in [1.82, 2.24) is 4.90 Å². The molecule has 2 heterocycles. The van der Waals surface area contributed by atoms with Gasteiger partial charge in [0.1, 0.15) is 12.2 Å². The van der Waals surface area contributed by atoms with E-state index in [0.717, 1.165) is 0 Å². The molecule has 6 heteroatoms. The van der Waals surface area contributed by atoms with Crippen LogP contribution in [0.3, 0.4) is 0 Å². The summed E-state index contributed by atoms with van der Waals surface area (Å²) in [6, 6.07) is 3.26. The lowest BCUT2D eigenvalue weighted by Gasteiger charge is -2.24. The summed E-state index contributed by atoms with van der Waals surface area (Å²) in [5.41, 5.74) is -0.509. The largest absolute Gasteiger partial charge is 0.461 e. The number of ether oxygens (including phenoxy) is 2. The van der Waals surface area contributed by atoms with Crippen molar-refractivity contribution in [3.63, 3.8) is 0 Å². The van der Waals surface area contributed by atoms with Crippen molar-refractivity contribution in [3.05, 3.63) is 24.2 Å². The Bertz CT molecular complexity index is 489. The van der Waals surface area contributed by atoms with E-state index in [9.17, 15) is 9.59 Å². The number of amides is 1. The van der Waals surface area contributed by atoms with Crippen LogP contribution in [0.4, 0.5) is 4.79 Å². The lowest BCUT2D eigenvalue weighted by molar-refractivity contribution is 0.0215. The highest BCUT2D eigenvalue weighted by molar-refractivity contribution is 5.94. The van der Waals surface area contributed by atoms with Crippen LogP contribution in [0, 0.1) is 0 Å². The molecule has 116 valence electrons. The fraction of sp³-hybridized carbons (Fsp3) is 0.600. The first kappa shape index (κ1) is 15.6. The first-order valence-electron chi connectivity index (χ1n) is 7.01. The van der Waals surface area contributed by atoms with Crippen molar-refractivity contribution >= 4 is 11.9 Å². The smallest absolute Gasteiger partial charge is 0.410 e. The maximum Gasteiger partial charge on any atom is 0.410 e. The van der Waals surface area contributed by atoms with Gasteiger partial charge in [0.15, 0.2) is 5.76 Å². The van der Waals surface area contributed by atoms with Crippen LogP contribution in [-0.4, -0.2) is 48.2 Å². The standard InChI is InChI=1S/C15H21NO5/c1-15(2,3)21-14(18)16-7-6-11(9-16)20-10-12(17)13-5-4-8-19-13/h4-5,8,11H,6-7,9-10H2,1-3H3. The maximum absolute atomic E-state index is 11.9. The Labute approximate surface area is 124 Å². The maximum atomic E-state index is 11.9. The summed E-state index contributed by atoms with van der Waals surface area (Å²) in [7, 11) is 0. The van der Waals surface area contributed by atoms with E-state index >= 15 is 0 Å². The zero-order chi connectivity index (χ0) is 15.5. The van der Waals surface area contributed by atoms with Gasteiger partial charge >= 0.3 is 6.09 Å². The summed E-state index contributed by atoms with van der Waals surface area (Å²) in [5.74, 6) is 0.0905. The highest BCUT2D eigenvalue weighted by atomic mass is 16.6. The second-order valence-electron chi connectivity index (χ2n) is 6.05. The number of carbonyl (C=O) groups is 2. The van der Waals surface area contributed by atoms with E-state index in [4.69, 9.17) is 13.9 Å². The summed E-state index contributed by atoms with van der Waals surface area (Å²) in [6.07, 6.45) is 1.67. The van der Waals surface area contributed by atoms with Crippen LogP contribution >= 0.6 is 0 Å². The van der Waals surface area contributed by atoms with Gasteiger partial charge in [0.25, 0.3) is 0 Å². The number of furan rings is 1. The number of ketones is 1. The third kappa shape index (κ3) is 4.60. The van der Waals surface area contributed by atoms with Crippen LogP contribution in [0.2, 0.25) is 0 Å². The predicted molar refractivity (Wildman–Crippen MR) is 75.2 cm³/mol. The van der Waals surface area contributed by atoms with Crippen LogP contribution in [0.15, 0.2) is 22.8 Å². The zero-order valence-electron chi connectivity index (χ0n) is 12.6. The monoisotopic (exact) mass is 295 g/mol. The molecule has 0 aliphatic carbocycles. The summed E-state index contributed by atoms with van der Waals surface area (Å²) in [6.45, 7) is 6.47. The molecule has 1 atom stereocenters. The minimum atomic E-state index is -0.509. The normalized spacial score (nSPS) is 18.8. The number of hydrogen-bond donors (Lipinski definition) is 0. The lowest BCUT2D eigenvalue weighted by atomic mass is 10.2. The molecule has 0 aromatic carbocycles. The highest BCUT2D eigenvalue weighted by Gasteiger charge is 2.30. The average molecular weight is 295 g/mol. The molecule has 0 N–H and O–H groups in total. The van der Waals surface area contributed by atoms with Gasteiger partial charge in [0, 0.05) is 6.54 Å². The molecule has 1 unspecified atom stereocenters. The topological polar surface area (TPSA) is 69.0 Å². The lowest BCUT2D eigenvalue weighted by Crippen LogP contribution is -2.36. The molecule has 0 spiro atoms. The summed E-state index contributed by atoms with van der Waals surface area (Å²) in [5, 5.41) is 0. The molecule has 1 aliphatic heterocycles. The molecule has 1 aromatic heterocycles. The predicted octanol–water partition coefficient (Wildman–Crippen LogP) is 2.49. The van der Waals surface area contributed by atoms with E-state index < -0.39 is 5.60 Å². The molecule has 1 aliphatic rings. The molecule has 6 nitrogen and oxygen atoms in total. The zero-order valence-corrected chi connectivity index (χ0v) is 12.6. The van der Waals surface area contributed by atoms with Gasteiger partial charge in [-0.15, -0.1) is 0 Å². The first-order valence-corrected chi connectivity index (χ1v) is 7.01. The van der Waals surface area contributed by atoms with Gasteiger partial charge in [-0.3, -0.25) is 4.79 Å². The summed E-state index contributed by atoms with van der Waals surface area (Å²) >= 11 is 0. The molecule has 0 radical (unpaired) electrons. The van der Waals surface area contributed by atoms with E-state index in [1.165, 1.54) is 6.26 Å². The van der Waals surface area contributed by atoms with Crippen molar-refractivity contribution in [1.29, 1.82) is 0 Å². The van der Waals surface area contributed by atoms with Crippen LogP contribution in [0.1, 0.15) is 37.7 Å². The molecule has 0 saturated carbocycles. The molecule has 1 aromatic rings. The molecule has 0 bridgehead atoms. The van der Waals surface area contributed by atoms with E-state index in [1.54, 1.807) is 17.0 Å². The van der Waals surface area contributed by atoms with Gasteiger partial charge in [0.05, 0.1) is 18.9 Å². The Hall–Kier alpha value is -1.82. The number of likely N-dealkylation sites (tertiary alicyclic amines) is 1. The fourth-order valence-electron chi connectivity index (χ4n) is 2.06. The van der Waals surface area contributed by atoms with Crippen molar-refractivity contribution in [2.75, 3.05) is 19.7 Å². The van der Waals surface area contributed by atoms with Gasteiger partial charge in [-0.2, -0.15) is 0 Å². The number of nitrogens with zero attached hydrogens (tertiary/aromatic N) is 1. The Morgan fingerprint density at radius 3 is 2.81 bits per heavy atom. The molecule has 21 heavy (non-hydrogen) atoms. The van der Waals surface area contributed by atoms with Crippen LogP contribution < -0.4 is 0 Å². The second-order valence-corrected chi connectivity index (χ2v) is 6.05. The third-order valence-corrected chi connectivity index (χ3v) is 3.04. The molecule has 2 rings (SSSR count). The summed E-state index contributed by atoms with van der Waals surface area (Å²) < 4.78 is 15.9. The Kier molecular flexibility index (Phi) is 4.67. The molecule has 1 fully saturated rings. The SMILES string of the molecule is CC(C)(C)OC(=O)N1CCC(OCC(=O)c2ccco2)C1. The third-order valence-electron chi connectivity index (χ3n) is 3.04. The van der Waals surface area contributed by atoms with E-state index in [-0.39, 0.29) is 30.3 Å². The van der Waals surface area contributed by atoms with Crippen LogP contribution in [-0.2, 0) is 9.47 Å². The Morgan fingerprint density at radius 1 is 1.43 bits per heavy atom. The highest BCUT2D eigenvalue weighted by Crippen LogP contribution is 2.17. The average Bonchev–Trinajstić information content (AvgIpc) is 3.05. The summed E-state index contributed by atoms with van der Waals surface area (Å²) in [4.78, 5) is 25.2. The van der Waals surface area contributed by atoms with E-state index in [0.29, 0.717) is 19.5 Å². The number of hydrogen-bond acceptors (Lipinski definition) is 5. The molecule has 1 amide bonds. The van der Waals surface area contributed by atoms with Gasteiger partial charge in [0.2, 0.25) is 5.78 Å². The van der Waals surface area contributed by atoms with Gasteiger partial charge in [-0.25, -0.2) is 4.79 Å². The number of Topliss-reactive ketones (excluding diaryl/α,β-unsaturated/α-hetero) is 1. The first-order chi connectivity index (χ1) is 9.85. The van der Waals surface area contributed by atoms with Crippen molar-refractivity contribution in [2.45, 2.75) is 38.9 Å². The van der Waals surface area contributed by atoms with Crippen molar-refractivity contribution < 1.29 is 23.5 Å². The fourth-order valence-corrected chi connectivity index (χ4v) is 2.06. The Morgan fingerprint density at radius 2 is 2.19 bits per heavy atom. The van der Waals surface area contributed by atoms with Crippen molar-refractivity contribution in [3.8, 4) is 0 Å². The van der Waals surface area contributed by atoms with E-state index in [1.807, 2.05) is 20.8 Å². The van der Waals surface area contributed by atoms with Crippen LogP contribution in [0.5, 0.6) is 0 Å².